The second-order valence-electron chi connectivity index (χ2n) is 17.2. The van der Waals surface area contributed by atoms with E-state index in [1.54, 1.807) is 0 Å². The van der Waals surface area contributed by atoms with Gasteiger partial charge in [0.2, 0.25) is 0 Å². The maximum absolute atomic E-state index is 6.54. The van der Waals surface area contributed by atoms with E-state index < -0.39 is 0 Å². The molecular formula is C63H40N4O. The number of aromatic nitrogens is 4. The van der Waals surface area contributed by atoms with Crippen molar-refractivity contribution < 1.29 is 4.42 Å². The fourth-order valence-corrected chi connectivity index (χ4v) is 9.77. The van der Waals surface area contributed by atoms with E-state index in [-0.39, 0.29) is 0 Å². The van der Waals surface area contributed by atoms with Crippen molar-refractivity contribution in [3.8, 4) is 84.4 Å². The molecule has 0 bridgehead atoms. The van der Waals surface area contributed by atoms with E-state index in [4.69, 9.17) is 19.4 Å². The van der Waals surface area contributed by atoms with Gasteiger partial charge >= 0.3 is 0 Å². The van der Waals surface area contributed by atoms with Crippen molar-refractivity contribution >= 4 is 43.7 Å². The summed E-state index contributed by atoms with van der Waals surface area (Å²) in [5.74, 6) is 1.83. The van der Waals surface area contributed by atoms with Gasteiger partial charge in [-0.2, -0.15) is 0 Å². The molecule has 0 N–H and O–H groups in total. The third-order valence-corrected chi connectivity index (χ3v) is 13.0. The van der Waals surface area contributed by atoms with Crippen LogP contribution in [-0.4, -0.2) is 19.5 Å². The second kappa shape index (κ2) is 16.4. The molecule has 0 fully saturated rings. The summed E-state index contributed by atoms with van der Waals surface area (Å²) in [6, 6.07) is 85.5. The summed E-state index contributed by atoms with van der Waals surface area (Å²) >= 11 is 0. The summed E-state index contributed by atoms with van der Waals surface area (Å²) < 4.78 is 8.94. The van der Waals surface area contributed by atoms with Gasteiger partial charge in [-0.05, 0) is 111 Å². The predicted molar refractivity (Wildman–Crippen MR) is 279 cm³/mol. The van der Waals surface area contributed by atoms with Gasteiger partial charge in [-0.15, -0.1) is 0 Å². The van der Waals surface area contributed by atoms with Crippen LogP contribution in [0.15, 0.2) is 247 Å². The van der Waals surface area contributed by atoms with E-state index >= 15 is 0 Å². The zero-order valence-corrected chi connectivity index (χ0v) is 36.8. The number of hydrogen-bond acceptors (Lipinski definition) is 4. The number of benzene rings is 10. The highest BCUT2D eigenvalue weighted by Crippen LogP contribution is 2.41. The zero-order valence-electron chi connectivity index (χ0n) is 36.8. The van der Waals surface area contributed by atoms with Gasteiger partial charge in [0.1, 0.15) is 11.2 Å². The van der Waals surface area contributed by atoms with E-state index in [2.05, 4.69) is 174 Å². The molecule has 0 amide bonds. The SMILES string of the molecule is c1ccc(-c2cc(-c3ccccc3)cc(-c3cccc(-n4c5ccccc5c5cc(-c6ccc7oc8cccc(-c9nc(-c%10ccccc%10)nc(-c%10ccccc%10)n9)c8c7c6)ccc54)c3)c2)cc1. The Kier molecular flexibility index (Phi) is 9.43. The lowest BCUT2D eigenvalue weighted by Gasteiger charge is -2.14. The van der Waals surface area contributed by atoms with E-state index in [0.717, 1.165) is 72.0 Å². The Labute approximate surface area is 392 Å². The van der Waals surface area contributed by atoms with Crippen molar-refractivity contribution in [3.05, 3.63) is 243 Å². The van der Waals surface area contributed by atoms with Crippen molar-refractivity contribution in [2.75, 3.05) is 0 Å². The summed E-state index contributed by atoms with van der Waals surface area (Å²) in [7, 11) is 0. The average Bonchev–Trinajstić information content (AvgIpc) is 3.97. The highest BCUT2D eigenvalue weighted by atomic mass is 16.3. The Hall–Kier alpha value is -9.19. The van der Waals surface area contributed by atoms with Crippen LogP contribution in [-0.2, 0) is 0 Å². The Morgan fingerprint density at radius 3 is 1.41 bits per heavy atom. The molecule has 3 heterocycles. The van der Waals surface area contributed by atoms with Crippen LogP contribution >= 0.6 is 0 Å². The van der Waals surface area contributed by atoms with E-state index in [0.29, 0.717) is 17.5 Å². The van der Waals surface area contributed by atoms with E-state index in [9.17, 15) is 0 Å². The maximum Gasteiger partial charge on any atom is 0.164 e. The van der Waals surface area contributed by atoms with Crippen LogP contribution < -0.4 is 0 Å². The molecule has 0 saturated heterocycles. The Bertz CT molecular complexity index is 3890. The fourth-order valence-electron chi connectivity index (χ4n) is 9.77. The van der Waals surface area contributed by atoms with Gasteiger partial charge in [0, 0.05) is 43.9 Å². The molecule has 5 nitrogen and oxygen atoms in total. The third kappa shape index (κ3) is 6.93. The lowest BCUT2D eigenvalue weighted by molar-refractivity contribution is 0.669. The van der Waals surface area contributed by atoms with Crippen molar-refractivity contribution in [2.24, 2.45) is 0 Å². The van der Waals surface area contributed by atoms with Crippen LogP contribution in [0.2, 0.25) is 0 Å². The lowest BCUT2D eigenvalue weighted by Crippen LogP contribution is -2.00. The molecule has 0 aliphatic rings. The average molecular weight is 869 g/mol. The van der Waals surface area contributed by atoms with Gasteiger partial charge in [0.25, 0.3) is 0 Å². The van der Waals surface area contributed by atoms with Crippen LogP contribution in [0.4, 0.5) is 0 Å². The highest BCUT2D eigenvalue weighted by Gasteiger charge is 2.20. The molecule has 5 heteroatoms. The summed E-state index contributed by atoms with van der Waals surface area (Å²) in [5, 5.41) is 4.35. The van der Waals surface area contributed by atoms with E-state index in [1.807, 2.05) is 72.8 Å². The van der Waals surface area contributed by atoms with Crippen molar-refractivity contribution in [1.82, 2.24) is 19.5 Å². The van der Waals surface area contributed by atoms with Crippen LogP contribution in [0.5, 0.6) is 0 Å². The summed E-state index contributed by atoms with van der Waals surface area (Å²) in [4.78, 5) is 15.1. The molecule has 0 unspecified atom stereocenters. The smallest absolute Gasteiger partial charge is 0.164 e. The molecule has 0 saturated carbocycles. The van der Waals surface area contributed by atoms with Crippen LogP contribution in [0.3, 0.4) is 0 Å². The molecule has 13 aromatic rings. The van der Waals surface area contributed by atoms with Gasteiger partial charge in [-0.3, -0.25) is 0 Å². The number of rotatable bonds is 8. The van der Waals surface area contributed by atoms with Gasteiger partial charge in [0.15, 0.2) is 17.5 Å². The molecule has 68 heavy (non-hydrogen) atoms. The Morgan fingerprint density at radius 1 is 0.279 bits per heavy atom. The zero-order chi connectivity index (χ0) is 45.0. The van der Waals surface area contributed by atoms with Gasteiger partial charge in [-0.1, -0.05) is 176 Å². The molecule has 0 spiro atoms. The minimum atomic E-state index is 0.593. The third-order valence-electron chi connectivity index (χ3n) is 13.0. The normalized spacial score (nSPS) is 11.5. The van der Waals surface area contributed by atoms with Gasteiger partial charge in [0.05, 0.1) is 11.0 Å². The predicted octanol–water partition coefficient (Wildman–Crippen LogP) is 16.5. The first-order valence-corrected chi connectivity index (χ1v) is 22.9. The number of para-hydroxylation sites is 1. The highest BCUT2D eigenvalue weighted by molar-refractivity contribution is 6.14. The Morgan fingerprint density at radius 2 is 0.765 bits per heavy atom. The lowest BCUT2D eigenvalue weighted by atomic mass is 9.93. The summed E-state index contributed by atoms with van der Waals surface area (Å²) in [6.45, 7) is 0. The molecule has 3 aromatic heterocycles. The monoisotopic (exact) mass is 868 g/mol. The number of hydrogen-bond donors (Lipinski definition) is 0. The molecule has 0 aliphatic carbocycles. The maximum atomic E-state index is 6.54. The minimum Gasteiger partial charge on any atom is -0.456 e. The number of furan rings is 1. The largest absolute Gasteiger partial charge is 0.456 e. The standard InChI is InChI=1S/C63H40N4O/c1-5-17-41(18-6-1)48-35-49(42-19-7-2-8-20-42)37-50(36-48)45-25-15-26-51(38-45)67-56-29-14-13-27-52(56)54-39-46(31-33-57(54)67)47-32-34-58-55(40-47)60-53(28-16-30-59(60)68-58)63-65-61(43-21-9-3-10-22-43)64-62(66-63)44-23-11-4-12-24-44/h1-40H. The topological polar surface area (TPSA) is 56.7 Å². The van der Waals surface area contributed by atoms with Gasteiger partial charge in [-0.25, -0.2) is 15.0 Å². The first kappa shape index (κ1) is 39.2. The first-order chi connectivity index (χ1) is 33.7. The fraction of sp³-hybridized carbons (Fsp3) is 0. The Balaban J connectivity index is 0.927. The van der Waals surface area contributed by atoms with Crippen LogP contribution in [0, 0.1) is 0 Å². The van der Waals surface area contributed by atoms with Crippen LogP contribution in [0.25, 0.3) is 128 Å². The molecule has 318 valence electrons. The van der Waals surface area contributed by atoms with Crippen molar-refractivity contribution in [2.45, 2.75) is 0 Å². The minimum absolute atomic E-state index is 0.593. The van der Waals surface area contributed by atoms with Crippen molar-refractivity contribution in [3.63, 3.8) is 0 Å². The molecule has 0 atom stereocenters. The molecule has 0 radical (unpaired) electrons. The van der Waals surface area contributed by atoms with Crippen molar-refractivity contribution in [1.29, 1.82) is 0 Å². The summed E-state index contributed by atoms with van der Waals surface area (Å²) in [6.07, 6.45) is 0. The second-order valence-corrected chi connectivity index (χ2v) is 17.2. The number of fused-ring (bicyclic) bond motifs is 6. The van der Waals surface area contributed by atoms with Gasteiger partial charge < -0.3 is 8.98 Å². The molecule has 13 rings (SSSR count). The summed E-state index contributed by atoms with van der Waals surface area (Å²) in [5.41, 5.74) is 17.0. The first-order valence-electron chi connectivity index (χ1n) is 22.9. The van der Waals surface area contributed by atoms with Crippen LogP contribution in [0.1, 0.15) is 0 Å². The van der Waals surface area contributed by atoms with E-state index in [1.165, 1.54) is 38.6 Å². The number of nitrogens with zero attached hydrogens (tertiary/aromatic N) is 4. The quantitative estimate of drug-likeness (QED) is 0.153. The molecular weight excluding hydrogens is 829 g/mol. The molecule has 10 aromatic carbocycles. The molecule has 0 aliphatic heterocycles.